The lowest BCUT2D eigenvalue weighted by Crippen LogP contribution is -2.48. The highest BCUT2D eigenvalue weighted by atomic mass is 16.6. The van der Waals surface area contributed by atoms with E-state index in [1.54, 1.807) is 6.92 Å². The van der Waals surface area contributed by atoms with Gasteiger partial charge in [-0.3, -0.25) is 9.59 Å². The molecule has 6 heteroatoms. The summed E-state index contributed by atoms with van der Waals surface area (Å²) in [6.07, 6.45) is 9.22. The Labute approximate surface area is 181 Å². The van der Waals surface area contributed by atoms with Crippen molar-refractivity contribution >= 4 is 17.8 Å². The van der Waals surface area contributed by atoms with E-state index < -0.39 is 11.7 Å². The first-order chi connectivity index (χ1) is 14.2. The van der Waals surface area contributed by atoms with Crippen LogP contribution in [0.25, 0.3) is 0 Å². The average molecular weight is 424 g/mol. The summed E-state index contributed by atoms with van der Waals surface area (Å²) in [5, 5.41) is 2.99. The standard InChI is InChI=1S/C24H41NO5/c1-17-10-8-11-19(3)22(27)29-15-9-12-18(2)21(26)24(4,16-17)30-23(28)25-20-13-6-5-7-14-20/h17-20H,5-16H2,1-4H3,(H,25,28)/t17-,18-,19-,24+/m1/s1. The van der Waals surface area contributed by atoms with Gasteiger partial charge in [-0.1, -0.05) is 52.9 Å². The molecule has 1 N–H and O–H groups in total. The first-order valence-corrected chi connectivity index (χ1v) is 11.9. The zero-order chi connectivity index (χ0) is 22.1. The van der Waals surface area contributed by atoms with Crippen LogP contribution in [0.5, 0.6) is 0 Å². The number of carbonyl (C=O) groups excluding carboxylic acids is 3. The number of nitrogens with one attached hydrogen (secondary N) is 1. The Kier molecular flexibility index (Phi) is 9.63. The normalized spacial score (nSPS) is 33.3. The highest BCUT2D eigenvalue weighted by molar-refractivity contribution is 5.90. The molecule has 172 valence electrons. The molecule has 2 aliphatic rings. The predicted molar refractivity (Wildman–Crippen MR) is 116 cm³/mol. The molecule has 0 spiro atoms. The largest absolute Gasteiger partial charge is 0.465 e. The molecule has 0 aromatic heterocycles. The van der Waals surface area contributed by atoms with Crippen LogP contribution < -0.4 is 5.32 Å². The van der Waals surface area contributed by atoms with Gasteiger partial charge in [-0.15, -0.1) is 0 Å². The summed E-state index contributed by atoms with van der Waals surface area (Å²) in [6, 6.07) is 0.148. The first kappa shape index (κ1) is 24.7. The maximum absolute atomic E-state index is 13.3. The van der Waals surface area contributed by atoms with Crippen molar-refractivity contribution in [2.75, 3.05) is 6.61 Å². The smallest absolute Gasteiger partial charge is 0.408 e. The third-order valence-electron chi connectivity index (χ3n) is 6.71. The van der Waals surface area contributed by atoms with Crippen molar-refractivity contribution in [2.45, 2.75) is 110 Å². The molecule has 1 heterocycles. The van der Waals surface area contributed by atoms with Gasteiger partial charge in [-0.25, -0.2) is 4.79 Å². The van der Waals surface area contributed by atoms with E-state index in [0.717, 1.165) is 44.9 Å². The van der Waals surface area contributed by atoms with E-state index in [2.05, 4.69) is 12.2 Å². The van der Waals surface area contributed by atoms with Gasteiger partial charge in [0, 0.05) is 12.0 Å². The number of hydrogen-bond acceptors (Lipinski definition) is 5. The molecule has 1 aliphatic heterocycles. The molecule has 1 aliphatic carbocycles. The van der Waals surface area contributed by atoms with Gasteiger partial charge < -0.3 is 14.8 Å². The van der Waals surface area contributed by atoms with Gasteiger partial charge in [-0.05, 0) is 51.4 Å². The lowest BCUT2D eigenvalue weighted by molar-refractivity contribution is -0.148. The number of Topliss-reactive ketones (excluding diaryl/α,β-unsaturated/α-hetero) is 1. The van der Waals surface area contributed by atoms with Gasteiger partial charge in [0.05, 0.1) is 12.5 Å². The van der Waals surface area contributed by atoms with E-state index >= 15 is 0 Å². The Morgan fingerprint density at radius 3 is 2.30 bits per heavy atom. The van der Waals surface area contributed by atoms with E-state index in [0.29, 0.717) is 25.9 Å². The van der Waals surface area contributed by atoms with Crippen LogP contribution in [0.3, 0.4) is 0 Å². The van der Waals surface area contributed by atoms with Crippen LogP contribution in [0, 0.1) is 17.8 Å². The van der Waals surface area contributed by atoms with Crippen molar-refractivity contribution in [2.24, 2.45) is 17.8 Å². The number of alkyl carbamates (subject to hydrolysis) is 1. The van der Waals surface area contributed by atoms with Gasteiger partial charge in [-0.2, -0.15) is 0 Å². The molecule has 6 nitrogen and oxygen atoms in total. The first-order valence-electron chi connectivity index (χ1n) is 11.9. The molecule has 1 amide bonds. The summed E-state index contributed by atoms with van der Waals surface area (Å²) in [4.78, 5) is 38.0. The van der Waals surface area contributed by atoms with Gasteiger partial charge in [0.25, 0.3) is 0 Å². The molecule has 0 unspecified atom stereocenters. The second-order valence-electron chi connectivity index (χ2n) is 9.82. The summed E-state index contributed by atoms with van der Waals surface area (Å²) in [7, 11) is 0. The zero-order valence-corrected chi connectivity index (χ0v) is 19.3. The lowest BCUT2D eigenvalue weighted by Gasteiger charge is -2.34. The van der Waals surface area contributed by atoms with Crippen LogP contribution in [-0.4, -0.2) is 36.1 Å². The predicted octanol–water partition coefficient (Wildman–Crippen LogP) is 5.18. The molecular weight excluding hydrogens is 382 g/mol. The van der Waals surface area contributed by atoms with Gasteiger partial charge in [0.2, 0.25) is 0 Å². The third kappa shape index (κ3) is 7.59. The Hall–Kier alpha value is -1.59. The van der Waals surface area contributed by atoms with Crippen LogP contribution >= 0.6 is 0 Å². The summed E-state index contributed by atoms with van der Waals surface area (Å²) in [6.45, 7) is 7.99. The quantitative estimate of drug-likeness (QED) is 0.619. The van der Waals surface area contributed by atoms with Crippen LogP contribution in [0.2, 0.25) is 0 Å². The average Bonchev–Trinajstić information content (AvgIpc) is 2.69. The number of amides is 1. The summed E-state index contributed by atoms with van der Waals surface area (Å²) in [5.41, 5.74) is -1.13. The Balaban J connectivity index is 2.07. The second kappa shape index (κ2) is 11.7. The van der Waals surface area contributed by atoms with Crippen LogP contribution in [-0.2, 0) is 19.1 Å². The fourth-order valence-corrected chi connectivity index (χ4v) is 4.85. The molecule has 1 saturated carbocycles. The van der Waals surface area contributed by atoms with Crippen LogP contribution in [0.15, 0.2) is 0 Å². The van der Waals surface area contributed by atoms with Crippen molar-refractivity contribution in [3.8, 4) is 0 Å². The number of esters is 1. The summed E-state index contributed by atoms with van der Waals surface area (Å²) in [5.74, 6) is -0.345. The van der Waals surface area contributed by atoms with E-state index in [1.807, 2.05) is 13.8 Å². The molecule has 30 heavy (non-hydrogen) atoms. The number of hydrogen-bond donors (Lipinski definition) is 1. The van der Waals surface area contributed by atoms with Gasteiger partial charge in [0.15, 0.2) is 11.4 Å². The molecule has 2 rings (SSSR count). The van der Waals surface area contributed by atoms with Crippen molar-refractivity contribution in [3.05, 3.63) is 0 Å². The van der Waals surface area contributed by atoms with Crippen molar-refractivity contribution in [1.82, 2.24) is 5.32 Å². The third-order valence-corrected chi connectivity index (χ3v) is 6.71. The number of ketones is 1. The molecular formula is C24H41NO5. The van der Waals surface area contributed by atoms with E-state index in [1.165, 1.54) is 6.42 Å². The maximum atomic E-state index is 13.3. The van der Waals surface area contributed by atoms with E-state index in [9.17, 15) is 14.4 Å². The number of ether oxygens (including phenoxy) is 2. The number of rotatable bonds is 2. The van der Waals surface area contributed by atoms with Gasteiger partial charge in [0.1, 0.15) is 0 Å². The van der Waals surface area contributed by atoms with E-state index in [-0.39, 0.29) is 35.5 Å². The monoisotopic (exact) mass is 423 g/mol. The highest BCUT2D eigenvalue weighted by Crippen LogP contribution is 2.31. The van der Waals surface area contributed by atoms with Gasteiger partial charge >= 0.3 is 12.1 Å². The minimum Gasteiger partial charge on any atom is -0.465 e. The topological polar surface area (TPSA) is 81.7 Å². The van der Waals surface area contributed by atoms with Crippen molar-refractivity contribution in [3.63, 3.8) is 0 Å². The van der Waals surface area contributed by atoms with Crippen LogP contribution in [0.4, 0.5) is 4.79 Å². The fourth-order valence-electron chi connectivity index (χ4n) is 4.85. The number of carbonyl (C=O) groups is 3. The van der Waals surface area contributed by atoms with Crippen LogP contribution in [0.1, 0.15) is 98.3 Å². The van der Waals surface area contributed by atoms with Crippen molar-refractivity contribution < 1.29 is 23.9 Å². The second-order valence-corrected chi connectivity index (χ2v) is 9.82. The SMILES string of the molecule is C[C@@H]1CCC[C@@H](C)C(=O)OCCC[C@@H](C)C(=O)[C@@](C)(OC(=O)NC2CCCCC2)C1. The van der Waals surface area contributed by atoms with E-state index in [4.69, 9.17) is 9.47 Å². The minimum absolute atomic E-state index is 0.0371. The molecule has 1 saturated heterocycles. The Morgan fingerprint density at radius 2 is 1.60 bits per heavy atom. The molecule has 0 bridgehead atoms. The zero-order valence-electron chi connectivity index (χ0n) is 19.3. The minimum atomic E-state index is -1.13. The molecule has 2 fully saturated rings. The Bertz CT molecular complexity index is 586. The molecule has 0 aromatic rings. The number of cyclic esters (lactones) is 1. The maximum Gasteiger partial charge on any atom is 0.408 e. The Morgan fingerprint density at radius 1 is 0.933 bits per heavy atom. The molecule has 0 aromatic carbocycles. The summed E-state index contributed by atoms with van der Waals surface area (Å²) < 4.78 is 11.2. The lowest BCUT2D eigenvalue weighted by atomic mass is 9.81. The highest BCUT2D eigenvalue weighted by Gasteiger charge is 2.41. The summed E-state index contributed by atoms with van der Waals surface area (Å²) >= 11 is 0. The fraction of sp³-hybridized carbons (Fsp3) is 0.875. The molecule has 4 atom stereocenters. The van der Waals surface area contributed by atoms with Crippen molar-refractivity contribution in [1.29, 1.82) is 0 Å². The molecule has 0 radical (unpaired) electrons.